The van der Waals surface area contributed by atoms with Crippen LogP contribution in [-0.2, 0) is 0 Å². The summed E-state index contributed by atoms with van der Waals surface area (Å²) >= 11 is 0. The van der Waals surface area contributed by atoms with Crippen molar-refractivity contribution < 1.29 is 4.79 Å². The lowest BCUT2D eigenvalue weighted by molar-refractivity contribution is 0.0965. The van der Waals surface area contributed by atoms with Crippen LogP contribution in [0.4, 0.5) is 11.4 Å². The Hall–Kier alpha value is -4.66. The second kappa shape index (κ2) is 11.4. The summed E-state index contributed by atoms with van der Waals surface area (Å²) in [7, 11) is 0. The van der Waals surface area contributed by atoms with Crippen molar-refractivity contribution in [2.45, 2.75) is 26.2 Å². The van der Waals surface area contributed by atoms with E-state index in [1.807, 2.05) is 12.3 Å². The fourth-order valence-corrected chi connectivity index (χ4v) is 4.16. The molecule has 1 aliphatic heterocycles. The molecule has 2 aromatic heterocycles. The van der Waals surface area contributed by atoms with Gasteiger partial charge in [-0.3, -0.25) is 35.5 Å². The Bertz CT molecular complexity index is 1300. The van der Waals surface area contributed by atoms with E-state index in [0.29, 0.717) is 17.8 Å². The normalized spacial score (nSPS) is 16.5. The number of carbonyl (C=O) groups is 1. The first-order valence-electron chi connectivity index (χ1n) is 12.0. The van der Waals surface area contributed by atoms with Crippen LogP contribution in [0, 0.1) is 16.2 Å². The molecule has 1 amide bonds. The fourth-order valence-electron chi connectivity index (χ4n) is 4.16. The molecule has 4 rings (SSSR count). The van der Waals surface area contributed by atoms with Crippen LogP contribution in [-0.4, -0.2) is 40.8 Å². The van der Waals surface area contributed by atoms with Crippen molar-refractivity contribution in [1.29, 1.82) is 10.8 Å². The number of allylic oxidation sites excluding steroid dienone is 3. The van der Waals surface area contributed by atoms with Crippen LogP contribution in [0.2, 0.25) is 0 Å². The Morgan fingerprint density at radius 3 is 2.81 bits per heavy atom. The first-order chi connectivity index (χ1) is 17.9. The number of pyridine rings is 2. The van der Waals surface area contributed by atoms with Gasteiger partial charge < -0.3 is 10.2 Å². The third-order valence-electron chi connectivity index (χ3n) is 6.51. The van der Waals surface area contributed by atoms with E-state index in [1.54, 1.807) is 55.0 Å². The number of amides is 1. The summed E-state index contributed by atoms with van der Waals surface area (Å²) in [4.78, 5) is 29.2. The Morgan fingerprint density at radius 2 is 2.14 bits per heavy atom. The number of aliphatic imine (C=N–C) groups is 1. The molecule has 9 heteroatoms. The molecule has 0 unspecified atom stereocenters. The molecule has 2 aromatic rings. The van der Waals surface area contributed by atoms with Crippen LogP contribution >= 0.6 is 0 Å². The molecule has 37 heavy (non-hydrogen) atoms. The zero-order chi connectivity index (χ0) is 26.3. The second-order valence-electron chi connectivity index (χ2n) is 9.02. The molecule has 1 aliphatic carbocycles. The van der Waals surface area contributed by atoms with Gasteiger partial charge in [-0.15, -0.1) is 0 Å². The number of amidine groups is 1. The van der Waals surface area contributed by atoms with Crippen molar-refractivity contribution in [2.24, 2.45) is 10.4 Å². The van der Waals surface area contributed by atoms with E-state index in [1.165, 1.54) is 17.5 Å². The topological polar surface area (TPSA) is 121 Å². The van der Waals surface area contributed by atoms with E-state index < -0.39 is 0 Å². The van der Waals surface area contributed by atoms with Gasteiger partial charge in [-0.1, -0.05) is 32.1 Å². The van der Waals surface area contributed by atoms with Crippen molar-refractivity contribution in [1.82, 2.24) is 15.3 Å². The minimum atomic E-state index is -0.375. The molecule has 188 valence electrons. The molecule has 1 saturated carbocycles. The molecule has 1 fully saturated rings. The predicted molar refractivity (Wildman–Crippen MR) is 148 cm³/mol. The maximum Gasteiger partial charge on any atom is 0.273 e. The van der Waals surface area contributed by atoms with E-state index in [2.05, 4.69) is 44.9 Å². The summed E-state index contributed by atoms with van der Waals surface area (Å²) in [6, 6.07) is 7.11. The number of aromatic nitrogens is 2. The summed E-state index contributed by atoms with van der Waals surface area (Å²) in [5.74, 6) is -0.345. The van der Waals surface area contributed by atoms with Gasteiger partial charge in [-0.25, -0.2) is 0 Å². The minimum Gasteiger partial charge on any atom is -0.341 e. The summed E-state index contributed by atoms with van der Waals surface area (Å²) in [6.07, 6.45) is 19.5. The third kappa shape index (κ3) is 5.78. The van der Waals surface area contributed by atoms with E-state index in [9.17, 15) is 4.79 Å². The van der Waals surface area contributed by atoms with Gasteiger partial charge >= 0.3 is 0 Å². The molecule has 0 saturated heterocycles. The quantitative estimate of drug-likeness (QED) is 0.261. The van der Waals surface area contributed by atoms with Crippen LogP contribution in [0.5, 0.6) is 0 Å². The Morgan fingerprint density at radius 1 is 1.30 bits per heavy atom. The van der Waals surface area contributed by atoms with Crippen LogP contribution in [0.1, 0.15) is 36.7 Å². The molecule has 0 aromatic carbocycles. The maximum absolute atomic E-state index is 12.8. The fraction of sp³-hybridized carbons (Fsp3) is 0.214. The maximum atomic E-state index is 12.8. The van der Waals surface area contributed by atoms with Crippen LogP contribution < -0.4 is 15.1 Å². The summed E-state index contributed by atoms with van der Waals surface area (Å²) in [5.41, 5.74) is 3.35. The summed E-state index contributed by atoms with van der Waals surface area (Å²) < 4.78 is 0. The van der Waals surface area contributed by atoms with E-state index in [4.69, 9.17) is 10.8 Å². The van der Waals surface area contributed by atoms with Crippen molar-refractivity contribution in [2.75, 3.05) is 16.3 Å². The Balaban J connectivity index is 1.45. The van der Waals surface area contributed by atoms with Gasteiger partial charge in [0.05, 0.1) is 30.5 Å². The number of carbonyl (C=O) groups excluding carboxylic acids is 1. The number of hydrogen-bond donors (Lipinski definition) is 3. The van der Waals surface area contributed by atoms with Gasteiger partial charge in [0.25, 0.3) is 5.91 Å². The molecule has 0 radical (unpaired) electrons. The second-order valence-corrected chi connectivity index (χ2v) is 9.02. The van der Waals surface area contributed by atoms with Crippen molar-refractivity contribution in [3.63, 3.8) is 0 Å². The van der Waals surface area contributed by atoms with E-state index >= 15 is 0 Å². The van der Waals surface area contributed by atoms with Crippen LogP contribution in [0.25, 0.3) is 0 Å². The molecular weight excluding hydrogens is 464 g/mol. The summed E-state index contributed by atoms with van der Waals surface area (Å²) in [5, 5.41) is 19.0. The number of rotatable bonds is 9. The van der Waals surface area contributed by atoms with Crippen LogP contribution in [0.3, 0.4) is 0 Å². The van der Waals surface area contributed by atoms with Gasteiger partial charge in [0, 0.05) is 47.7 Å². The zero-order valence-electron chi connectivity index (χ0n) is 20.8. The molecule has 0 atom stereocenters. The minimum absolute atomic E-state index is 0.0306. The van der Waals surface area contributed by atoms with Gasteiger partial charge in [-0.2, -0.15) is 0 Å². The van der Waals surface area contributed by atoms with E-state index in [0.717, 1.165) is 30.6 Å². The molecule has 0 bridgehead atoms. The highest BCUT2D eigenvalue weighted by Gasteiger charge is 2.36. The first-order valence-corrected chi connectivity index (χ1v) is 12.0. The SMILES string of the molecule is C=C/C=C(\C=C\NC(=O)c1cc(N2C=C(C3(C)CCC3)N=CC2)ccn1)C(=N)N(C=N)c1cccnc1. The van der Waals surface area contributed by atoms with Gasteiger partial charge in [0.2, 0.25) is 0 Å². The molecule has 3 heterocycles. The molecule has 3 N–H and O–H groups in total. The lowest BCUT2D eigenvalue weighted by atomic mass is 9.68. The highest BCUT2D eigenvalue weighted by molar-refractivity contribution is 6.18. The Kier molecular flexibility index (Phi) is 7.83. The van der Waals surface area contributed by atoms with E-state index in [-0.39, 0.29) is 22.9 Å². The van der Waals surface area contributed by atoms with Crippen molar-refractivity contribution in [3.05, 3.63) is 97.0 Å². The van der Waals surface area contributed by atoms with Gasteiger partial charge in [0.15, 0.2) is 0 Å². The largest absolute Gasteiger partial charge is 0.341 e. The van der Waals surface area contributed by atoms with Crippen molar-refractivity contribution >= 4 is 35.7 Å². The monoisotopic (exact) mass is 494 g/mol. The standard InChI is InChI=1S/C28H30N8O/c1-3-6-21(26(30)36(20-29)23-7-4-12-31-18-23)8-13-34-27(37)24-17-22(9-14-32-24)35-16-15-33-25(19-35)28(2)10-5-11-28/h3-4,6-9,12-15,17-20,29-30H,1,5,10-11,16H2,2H3,(H,34,37)/b13-8+,21-6+,29-20?,30-26?. The Labute approximate surface area is 216 Å². The molecule has 9 nitrogen and oxygen atoms in total. The van der Waals surface area contributed by atoms with Crippen LogP contribution in [0.15, 0.2) is 96.3 Å². The predicted octanol–water partition coefficient (Wildman–Crippen LogP) is 4.85. The lowest BCUT2D eigenvalue weighted by Gasteiger charge is -2.40. The highest BCUT2D eigenvalue weighted by atomic mass is 16.1. The zero-order valence-corrected chi connectivity index (χ0v) is 20.8. The average molecular weight is 495 g/mol. The van der Waals surface area contributed by atoms with Gasteiger partial charge in [0.1, 0.15) is 11.5 Å². The molecule has 2 aliphatic rings. The number of nitrogens with one attached hydrogen (secondary N) is 3. The number of hydrogen-bond acceptors (Lipinski definition) is 7. The van der Waals surface area contributed by atoms with Gasteiger partial charge in [-0.05, 0) is 43.2 Å². The smallest absolute Gasteiger partial charge is 0.273 e. The average Bonchev–Trinajstić information content (AvgIpc) is 2.92. The number of anilines is 2. The molecular formula is C28H30N8O. The third-order valence-corrected chi connectivity index (χ3v) is 6.51. The van der Waals surface area contributed by atoms with Crippen molar-refractivity contribution in [3.8, 4) is 0 Å². The first kappa shape index (κ1) is 25.4. The summed E-state index contributed by atoms with van der Waals surface area (Å²) in [6.45, 7) is 6.58. The molecule has 0 spiro atoms. The lowest BCUT2D eigenvalue weighted by Crippen LogP contribution is -2.32. The number of nitrogens with zero attached hydrogens (tertiary/aromatic N) is 5. The highest BCUT2D eigenvalue weighted by Crippen LogP contribution is 2.47.